The Morgan fingerprint density at radius 1 is 1.64 bits per heavy atom. The Morgan fingerprint density at radius 2 is 2.27 bits per heavy atom. The molecule has 1 aromatic rings. The van der Waals surface area contributed by atoms with Crippen molar-refractivity contribution in [3.63, 3.8) is 0 Å². The van der Waals surface area contributed by atoms with Crippen LogP contribution in [-0.4, -0.2) is 20.3 Å². The van der Waals surface area contributed by atoms with E-state index in [2.05, 4.69) is 4.98 Å². The van der Waals surface area contributed by atoms with Crippen LogP contribution >= 0.6 is 0 Å². The van der Waals surface area contributed by atoms with Crippen LogP contribution in [0.3, 0.4) is 0 Å². The molecule has 0 bridgehead atoms. The van der Waals surface area contributed by atoms with E-state index in [0.717, 1.165) is 5.69 Å². The number of aliphatic hydroxyl groups is 1. The Morgan fingerprint density at radius 3 is 2.64 bits per heavy atom. The second-order valence-corrected chi connectivity index (χ2v) is 3.52. The van der Waals surface area contributed by atoms with Crippen LogP contribution in [0.5, 0.6) is 0 Å². The molecule has 0 spiro atoms. The molecule has 0 atom stereocenters. The molecular weight excluding hydrogens is 140 g/mol. The number of rotatable bonds is 2. The number of aryl methyl sites for hydroxylation is 1. The zero-order valence-electron chi connectivity index (χ0n) is 7.20. The highest BCUT2D eigenvalue weighted by Gasteiger charge is 2.14. The third kappa shape index (κ3) is 2.72. The predicted molar refractivity (Wildman–Crippen MR) is 43.2 cm³/mol. The molecule has 62 valence electrons. The quantitative estimate of drug-likeness (QED) is 0.682. The average Bonchev–Trinajstić information content (AvgIpc) is 2.10. The highest BCUT2D eigenvalue weighted by molar-refractivity contribution is 4.99. The summed E-state index contributed by atoms with van der Waals surface area (Å²) in [7, 11) is 1.92. The molecule has 0 aliphatic heterocycles. The van der Waals surface area contributed by atoms with Gasteiger partial charge in [-0.1, -0.05) is 0 Å². The van der Waals surface area contributed by atoms with Gasteiger partial charge in [0.1, 0.15) is 0 Å². The maximum atomic E-state index is 9.43. The van der Waals surface area contributed by atoms with Crippen LogP contribution in [0, 0.1) is 0 Å². The molecule has 0 aliphatic carbocycles. The summed E-state index contributed by atoms with van der Waals surface area (Å²) in [6, 6.07) is 0. The number of hydrogen-bond acceptors (Lipinski definition) is 2. The van der Waals surface area contributed by atoms with Crippen molar-refractivity contribution in [1.29, 1.82) is 0 Å². The lowest BCUT2D eigenvalue weighted by atomic mass is 10.0. The highest BCUT2D eigenvalue weighted by atomic mass is 16.3. The summed E-state index contributed by atoms with van der Waals surface area (Å²) in [5, 5.41) is 9.43. The first-order valence-electron chi connectivity index (χ1n) is 3.66. The molecular formula is C8H14N2O. The van der Waals surface area contributed by atoms with Gasteiger partial charge in [-0.25, -0.2) is 4.98 Å². The van der Waals surface area contributed by atoms with Gasteiger partial charge >= 0.3 is 0 Å². The molecule has 1 aromatic heterocycles. The van der Waals surface area contributed by atoms with Crippen molar-refractivity contribution in [2.45, 2.75) is 25.9 Å². The standard InChI is InChI=1S/C8H14N2O/c1-8(2,11)4-7-5-10(3)6-9-7/h5-6,11H,4H2,1-3H3. The fourth-order valence-electron chi connectivity index (χ4n) is 1.00. The number of imidazole rings is 1. The Kier molecular flexibility index (Phi) is 2.00. The maximum absolute atomic E-state index is 9.43. The summed E-state index contributed by atoms with van der Waals surface area (Å²) >= 11 is 0. The van der Waals surface area contributed by atoms with Gasteiger partial charge < -0.3 is 9.67 Å². The normalized spacial score (nSPS) is 12.0. The topological polar surface area (TPSA) is 38.0 Å². The van der Waals surface area contributed by atoms with Gasteiger partial charge in [-0.3, -0.25) is 0 Å². The molecule has 0 saturated heterocycles. The smallest absolute Gasteiger partial charge is 0.0946 e. The van der Waals surface area contributed by atoms with Crippen LogP contribution in [-0.2, 0) is 13.5 Å². The number of nitrogens with zero attached hydrogens (tertiary/aromatic N) is 2. The fraction of sp³-hybridized carbons (Fsp3) is 0.625. The molecule has 3 heteroatoms. The molecule has 0 amide bonds. The lowest BCUT2D eigenvalue weighted by Gasteiger charge is -2.14. The first-order valence-corrected chi connectivity index (χ1v) is 3.66. The van der Waals surface area contributed by atoms with Crippen molar-refractivity contribution in [3.8, 4) is 0 Å². The summed E-state index contributed by atoms with van der Waals surface area (Å²) in [5.74, 6) is 0. The van der Waals surface area contributed by atoms with Crippen LogP contribution in [0.15, 0.2) is 12.5 Å². The van der Waals surface area contributed by atoms with Crippen LogP contribution < -0.4 is 0 Å². The number of hydrogen-bond donors (Lipinski definition) is 1. The van der Waals surface area contributed by atoms with E-state index in [9.17, 15) is 5.11 Å². The molecule has 1 N–H and O–H groups in total. The molecule has 0 aliphatic rings. The van der Waals surface area contributed by atoms with Crippen molar-refractivity contribution in [2.24, 2.45) is 7.05 Å². The van der Waals surface area contributed by atoms with Crippen LogP contribution in [0.2, 0.25) is 0 Å². The van der Waals surface area contributed by atoms with Gasteiger partial charge in [-0.05, 0) is 13.8 Å². The number of aromatic nitrogens is 2. The Labute approximate surface area is 66.7 Å². The minimum atomic E-state index is -0.658. The minimum Gasteiger partial charge on any atom is -0.390 e. The van der Waals surface area contributed by atoms with E-state index in [1.807, 2.05) is 17.8 Å². The molecule has 11 heavy (non-hydrogen) atoms. The van der Waals surface area contributed by atoms with Gasteiger partial charge in [0.05, 0.1) is 17.6 Å². The molecule has 0 unspecified atom stereocenters. The van der Waals surface area contributed by atoms with E-state index < -0.39 is 5.60 Å². The van der Waals surface area contributed by atoms with Crippen molar-refractivity contribution >= 4 is 0 Å². The molecule has 0 fully saturated rings. The summed E-state index contributed by atoms with van der Waals surface area (Å²) in [6.45, 7) is 3.56. The van der Waals surface area contributed by atoms with Crippen LogP contribution in [0.4, 0.5) is 0 Å². The molecule has 0 radical (unpaired) electrons. The second-order valence-electron chi connectivity index (χ2n) is 3.52. The Hall–Kier alpha value is -0.830. The molecule has 3 nitrogen and oxygen atoms in total. The molecule has 0 aromatic carbocycles. The summed E-state index contributed by atoms with van der Waals surface area (Å²) in [6.07, 6.45) is 4.26. The average molecular weight is 154 g/mol. The predicted octanol–water partition coefficient (Wildman–Crippen LogP) is 0.733. The van der Waals surface area contributed by atoms with Crippen molar-refractivity contribution in [1.82, 2.24) is 9.55 Å². The van der Waals surface area contributed by atoms with Gasteiger partial charge in [0.2, 0.25) is 0 Å². The first-order chi connectivity index (χ1) is 4.97. The van der Waals surface area contributed by atoms with Gasteiger partial charge in [0, 0.05) is 19.7 Å². The molecule has 1 heterocycles. The highest BCUT2D eigenvalue weighted by Crippen LogP contribution is 2.09. The van der Waals surface area contributed by atoms with E-state index in [1.165, 1.54) is 0 Å². The summed E-state index contributed by atoms with van der Waals surface area (Å²) < 4.78 is 1.88. The zero-order valence-corrected chi connectivity index (χ0v) is 7.20. The van der Waals surface area contributed by atoms with E-state index in [-0.39, 0.29) is 0 Å². The van der Waals surface area contributed by atoms with Gasteiger partial charge in [-0.2, -0.15) is 0 Å². The lowest BCUT2D eigenvalue weighted by Crippen LogP contribution is -2.21. The van der Waals surface area contributed by atoms with Gasteiger partial charge in [0.25, 0.3) is 0 Å². The van der Waals surface area contributed by atoms with E-state index >= 15 is 0 Å². The van der Waals surface area contributed by atoms with E-state index in [4.69, 9.17) is 0 Å². The first kappa shape index (κ1) is 8.27. The minimum absolute atomic E-state index is 0.605. The third-order valence-corrected chi connectivity index (χ3v) is 1.37. The summed E-state index contributed by atoms with van der Waals surface area (Å²) in [4.78, 5) is 4.10. The molecule has 1 rings (SSSR count). The third-order valence-electron chi connectivity index (χ3n) is 1.37. The Balaban J connectivity index is 2.65. The van der Waals surface area contributed by atoms with Crippen molar-refractivity contribution < 1.29 is 5.11 Å². The fourth-order valence-corrected chi connectivity index (χ4v) is 1.00. The van der Waals surface area contributed by atoms with Gasteiger partial charge in [-0.15, -0.1) is 0 Å². The lowest BCUT2D eigenvalue weighted by molar-refractivity contribution is 0.0800. The van der Waals surface area contributed by atoms with Crippen molar-refractivity contribution in [2.75, 3.05) is 0 Å². The second kappa shape index (κ2) is 2.66. The Bertz CT molecular complexity index is 234. The molecule has 0 saturated carbocycles. The van der Waals surface area contributed by atoms with Gasteiger partial charge in [0.15, 0.2) is 0 Å². The van der Waals surface area contributed by atoms with E-state index in [0.29, 0.717) is 6.42 Å². The SMILES string of the molecule is Cn1cnc(CC(C)(C)O)c1. The zero-order chi connectivity index (χ0) is 8.48. The van der Waals surface area contributed by atoms with Crippen LogP contribution in [0.25, 0.3) is 0 Å². The van der Waals surface area contributed by atoms with E-state index in [1.54, 1.807) is 20.2 Å². The maximum Gasteiger partial charge on any atom is 0.0946 e. The van der Waals surface area contributed by atoms with Crippen LogP contribution in [0.1, 0.15) is 19.5 Å². The largest absolute Gasteiger partial charge is 0.390 e. The monoisotopic (exact) mass is 154 g/mol. The summed E-state index contributed by atoms with van der Waals surface area (Å²) in [5.41, 5.74) is 0.272. The van der Waals surface area contributed by atoms with Crippen molar-refractivity contribution in [3.05, 3.63) is 18.2 Å².